The molecule has 0 atom stereocenters. The first-order valence-electron chi connectivity index (χ1n) is 3.98. The van der Waals surface area contributed by atoms with Gasteiger partial charge < -0.3 is 14.5 Å². The van der Waals surface area contributed by atoms with Crippen molar-refractivity contribution in [2.24, 2.45) is 5.16 Å². The first-order valence-corrected chi connectivity index (χ1v) is 3.98. The quantitative estimate of drug-likeness (QED) is 0.497. The molecule has 0 aromatic rings. The lowest BCUT2D eigenvalue weighted by atomic mass is 10.3. The van der Waals surface area contributed by atoms with E-state index in [1.165, 1.54) is 0 Å². The van der Waals surface area contributed by atoms with Gasteiger partial charge in [-0.2, -0.15) is 0 Å². The fourth-order valence-corrected chi connectivity index (χ4v) is 1.34. The van der Waals surface area contributed by atoms with Crippen molar-refractivity contribution in [3.8, 4) is 0 Å². The van der Waals surface area contributed by atoms with E-state index in [2.05, 4.69) is 10.1 Å². The third kappa shape index (κ3) is 1.45. The molecule has 0 unspecified atom stereocenters. The summed E-state index contributed by atoms with van der Waals surface area (Å²) in [6.07, 6.45) is 0.958. The molecular formula is C7H12N2O2. The van der Waals surface area contributed by atoms with E-state index in [0.29, 0.717) is 0 Å². The van der Waals surface area contributed by atoms with Crippen LogP contribution in [-0.4, -0.2) is 43.6 Å². The predicted octanol–water partition coefficient (Wildman–Crippen LogP) is 0.0524. The van der Waals surface area contributed by atoms with Gasteiger partial charge in [-0.15, -0.1) is 0 Å². The van der Waals surface area contributed by atoms with E-state index in [1.54, 1.807) is 0 Å². The smallest absolute Gasteiger partial charge is 0.148 e. The number of amidine groups is 1. The van der Waals surface area contributed by atoms with Crippen molar-refractivity contribution in [3.05, 3.63) is 0 Å². The number of nitrogens with zero attached hydrogens (tertiary/aromatic N) is 2. The molecule has 0 radical (unpaired) electrons. The molecule has 0 aromatic heterocycles. The number of hydrogen-bond acceptors (Lipinski definition) is 4. The van der Waals surface area contributed by atoms with Crippen LogP contribution in [0.2, 0.25) is 0 Å². The summed E-state index contributed by atoms with van der Waals surface area (Å²) in [6, 6.07) is 0. The van der Waals surface area contributed by atoms with Crippen molar-refractivity contribution < 1.29 is 9.57 Å². The van der Waals surface area contributed by atoms with Crippen LogP contribution in [0.1, 0.15) is 6.42 Å². The largest absolute Gasteiger partial charge is 0.394 e. The van der Waals surface area contributed by atoms with Crippen molar-refractivity contribution in [1.82, 2.24) is 4.90 Å². The SMILES string of the molecule is C1CN(C2=NOCC2)CCO1. The standard InChI is InChI=1S/C7H12N2O2/c1-4-11-8-7(1)9-2-5-10-6-3-9/h1-6H2. The molecule has 4 heteroatoms. The molecule has 62 valence electrons. The molecule has 2 heterocycles. The van der Waals surface area contributed by atoms with Crippen LogP contribution in [0, 0.1) is 0 Å². The van der Waals surface area contributed by atoms with E-state index >= 15 is 0 Å². The van der Waals surface area contributed by atoms with Crippen LogP contribution in [0.4, 0.5) is 0 Å². The van der Waals surface area contributed by atoms with Gasteiger partial charge in [-0.1, -0.05) is 5.16 Å². The molecule has 1 fully saturated rings. The number of oxime groups is 1. The topological polar surface area (TPSA) is 34.1 Å². The Kier molecular flexibility index (Phi) is 1.94. The molecule has 1 saturated heterocycles. The van der Waals surface area contributed by atoms with Crippen LogP contribution >= 0.6 is 0 Å². The molecule has 0 saturated carbocycles. The van der Waals surface area contributed by atoms with E-state index in [1.807, 2.05) is 0 Å². The summed E-state index contributed by atoms with van der Waals surface area (Å²) in [5.41, 5.74) is 0. The average Bonchev–Trinajstić information content (AvgIpc) is 2.58. The zero-order chi connectivity index (χ0) is 7.52. The first kappa shape index (κ1) is 6.91. The fourth-order valence-electron chi connectivity index (χ4n) is 1.34. The predicted molar refractivity (Wildman–Crippen MR) is 40.4 cm³/mol. The minimum atomic E-state index is 0.743. The molecule has 2 rings (SSSR count). The first-order chi connectivity index (χ1) is 5.47. The van der Waals surface area contributed by atoms with Crippen LogP contribution in [0.15, 0.2) is 5.16 Å². The number of hydrogen-bond donors (Lipinski definition) is 0. The molecule has 2 aliphatic rings. The maximum Gasteiger partial charge on any atom is 0.148 e. The third-order valence-electron chi connectivity index (χ3n) is 1.96. The summed E-state index contributed by atoms with van der Waals surface area (Å²) in [5, 5.41) is 3.95. The second kappa shape index (κ2) is 3.09. The van der Waals surface area contributed by atoms with Crippen LogP contribution < -0.4 is 0 Å². The third-order valence-corrected chi connectivity index (χ3v) is 1.96. The number of morpholine rings is 1. The van der Waals surface area contributed by atoms with E-state index in [9.17, 15) is 0 Å². The molecule has 0 N–H and O–H groups in total. The Hall–Kier alpha value is -0.770. The van der Waals surface area contributed by atoms with Gasteiger partial charge in [-0.25, -0.2) is 0 Å². The Labute approximate surface area is 65.8 Å². The van der Waals surface area contributed by atoms with Gasteiger partial charge >= 0.3 is 0 Å². The molecule has 0 aliphatic carbocycles. The summed E-state index contributed by atoms with van der Waals surface area (Å²) in [6.45, 7) is 4.30. The summed E-state index contributed by atoms with van der Waals surface area (Å²) < 4.78 is 5.22. The highest BCUT2D eigenvalue weighted by Gasteiger charge is 2.18. The van der Waals surface area contributed by atoms with Gasteiger partial charge in [0.2, 0.25) is 0 Å². The molecule has 0 spiro atoms. The second-order valence-corrected chi connectivity index (χ2v) is 2.69. The normalized spacial score (nSPS) is 24.7. The number of ether oxygens (including phenoxy) is 1. The maximum absolute atomic E-state index is 5.22. The van der Waals surface area contributed by atoms with Gasteiger partial charge in [0.05, 0.1) is 13.2 Å². The van der Waals surface area contributed by atoms with E-state index < -0.39 is 0 Å². The van der Waals surface area contributed by atoms with Gasteiger partial charge in [-0.3, -0.25) is 0 Å². The lowest BCUT2D eigenvalue weighted by molar-refractivity contribution is 0.0670. The Balaban J connectivity index is 1.92. The van der Waals surface area contributed by atoms with E-state index in [0.717, 1.165) is 45.2 Å². The molecule has 11 heavy (non-hydrogen) atoms. The van der Waals surface area contributed by atoms with Crippen molar-refractivity contribution in [3.63, 3.8) is 0 Å². The van der Waals surface area contributed by atoms with Gasteiger partial charge in [0.15, 0.2) is 0 Å². The van der Waals surface area contributed by atoms with Crippen LogP contribution in [0.5, 0.6) is 0 Å². The van der Waals surface area contributed by atoms with Gasteiger partial charge in [0.25, 0.3) is 0 Å². The molecule has 0 amide bonds. The molecular weight excluding hydrogens is 144 g/mol. The molecule has 0 bridgehead atoms. The average molecular weight is 156 g/mol. The Morgan fingerprint density at radius 2 is 2.00 bits per heavy atom. The highest BCUT2D eigenvalue weighted by molar-refractivity contribution is 5.82. The Morgan fingerprint density at radius 1 is 1.18 bits per heavy atom. The lowest BCUT2D eigenvalue weighted by Gasteiger charge is -2.27. The van der Waals surface area contributed by atoms with Crippen molar-refractivity contribution in [1.29, 1.82) is 0 Å². The number of rotatable bonds is 0. The second-order valence-electron chi connectivity index (χ2n) is 2.69. The minimum Gasteiger partial charge on any atom is -0.394 e. The Morgan fingerprint density at radius 3 is 2.64 bits per heavy atom. The van der Waals surface area contributed by atoms with E-state index in [-0.39, 0.29) is 0 Å². The van der Waals surface area contributed by atoms with Gasteiger partial charge in [-0.05, 0) is 0 Å². The highest BCUT2D eigenvalue weighted by atomic mass is 16.6. The van der Waals surface area contributed by atoms with Gasteiger partial charge in [0, 0.05) is 19.5 Å². The molecule has 2 aliphatic heterocycles. The van der Waals surface area contributed by atoms with Crippen molar-refractivity contribution in [2.45, 2.75) is 6.42 Å². The summed E-state index contributed by atoms with van der Waals surface area (Å²) in [7, 11) is 0. The minimum absolute atomic E-state index is 0.743. The lowest BCUT2D eigenvalue weighted by Crippen LogP contribution is -2.40. The highest BCUT2D eigenvalue weighted by Crippen LogP contribution is 2.07. The molecule has 4 nitrogen and oxygen atoms in total. The fraction of sp³-hybridized carbons (Fsp3) is 0.857. The Bertz CT molecular complexity index is 164. The maximum atomic E-state index is 5.22. The van der Waals surface area contributed by atoms with Crippen molar-refractivity contribution >= 4 is 5.84 Å². The summed E-state index contributed by atoms with van der Waals surface area (Å²) in [4.78, 5) is 7.15. The molecule has 0 aromatic carbocycles. The van der Waals surface area contributed by atoms with Crippen LogP contribution in [-0.2, 0) is 9.57 Å². The zero-order valence-corrected chi connectivity index (χ0v) is 6.45. The van der Waals surface area contributed by atoms with E-state index in [4.69, 9.17) is 9.57 Å². The van der Waals surface area contributed by atoms with Crippen LogP contribution in [0.3, 0.4) is 0 Å². The summed E-state index contributed by atoms with van der Waals surface area (Å²) in [5.74, 6) is 1.09. The summed E-state index contributed by atoms with van der Waals surface area (Å²) >= 11 is 0. The monoisotopic (exact) mass is 156 g/mol. The zero-order valence-electron chi connectivity index (χ0n) is 6.45. The van der Waals surface area contributed by atoms with Crippen LogP contribution in [0.25, 0.3) is 0 Å². The van der Waals surface area contributed by atoms with Crippen molar-refractivity contribution in [2.75, 3.05) is 32.9 Å². The van der Waals surface area contributed by atoms with Gasteiger partial charge in [0.1, 0.15) is 12.4 Å².